The Hall–Kier alpha value is -1.65. The second-order valence-corrected chi connectivity index (χ2v) is 6.20. The highest BCUT2D eigenvalue weighted by Gasteiger charge is 2.04. The third-order valence-corrected chi connectivity index (χ3v) is 4.11. The summed E-state index contributed by atoms with van der Waals surface area (Å²) in [4.78, 5) is 4.49. The average molecular weight is 335 g/mol. The van der Waals surface area contributed by atoms with Crippen molar-refractivity contribution in [3.8, 4) is 5.75 Å². The monoisotopic (exact) mass is 334 g/mol. The first-order chi connectivity index (χ1) is 10.7. The topological polar surface area (TPSA) is 47.6 Å². The second kappa shape index (κ2) is 8.71. The lowest BCUT2D eigenvalue weighted by atomic mass is 10.1. The number of ether oxygens (including phenoxy) is 1. The molecule has 0 aliphatic rings. The van der Waals surface area contributed by atoms with Crippen LogP contribution in [0.5, 0.6) is 5.75 Å². The molecule has 0 radical (unpaired) electrons. The van der Waals surface area contributed by atoms with Crippen LogP contribution in [0.2, 0.25) is 5.02 Å². The van der Waals surface area contributed by atoms with E-state index >= 15 is 0 Å². The molecular formula is C17H19ClN2OS. The molecule has 116 valence electrons. The molecule has 0 spiro atoms. The van der Waals surface area contributed by atoms with Crippen LogP contribution in [0.1, 0.15) is 18.5 Å². The first kappa shape index (κ1) is 16.7. The van der Waals surface area contributed by atoms with E-state index in [-0.39, 0.29) is 6.04 Å². The van der Waals surface area contributed by atoms with Crippen LogP contribution in [0.15, 0.2) is 59.6 Å². The maximum atomic E-state index is 6.02. The first-order valence-electron chi connectivity index (χ1n) is 7.05. The number of nitrogens with zero attached hydrogens (tertiary/aromatic N) is 1. The Kier molecular flexibility index (Phi) is 6.62. The Morgan fingerprint density at radius 2 is 1.86 bits per heavy atom. The minimum absolute atomic E-state index is 0.0539. The van der Waals surface area contributed by atoms with E-state index < -0.39 is 0 Å². The van der Waals surface area contributed by atoms with Gasteiger partial charge in [0.05, 0.1) is 17.7 Å². The summed E-state index contributed by atoms with van der Waals surface area (Å²) in [7, 11) is 0. The van der Waals surface area contributed by atoms with Gasteiger partial charge in [0.15, 0.2) is 5.17 Å². The van der Waals surface area contributed by atoms with Gasteiger partial charge < -0.3 is 10.5 Å². The lowest BCUT2D eigenvalue weighted by Crippen LogP contribution is -2.12. The van der Waals surface area contributed by atoms with Gasteiger partial charge in [0.2, 0.25) is 0 Å². The number of hydrogen-bond donors (Lipinski definition) is 1. The summed E-state index contributed by atoms with van der Waals surface area (Å²) in [5.41, 5.74) is 7.10. The van der Waals surface area contributed by atoms with Crippen LogP contribution in [0.3, 0.4) is 0 Å². The van der Waals surface area contributed by atoms with Gasteiger partial charge in [0.25, 0.3) is 0 Å². The normalized spacial score (nSPS) is 12.9. The van der Waals surface area contributed by atoms with Crippen molar-refractivity contribution in [3.63, 3.8) is 0 Å². The summed E-state index contributed by atoms with van der Waals surface area (Å²) in [6, 6.07) is 17.6. The highest BCUT2D eigenvalue weighted by molar-refractivity contribution is 8.13. The van der Waals surface area contributed by atoms with Gasteiger partial charge in [-0.2, -0.15) is 0 Å². The predicted octanol–water partition coefficient (Wildman–Crippen LogP) is 4.53. The van der Waals surface area contributed by atoms with Crippen LogP contribution in [-0.4, -0.2) is 17.5 Å². The van der Waals surface area contributed by atoms with Crippen LogP contribution in [0.4, 0.5) is 0 Å². The molecule has 0 fully saturated rings. The molecule has 0 aliphatic carbocycles. The fourth-order valence-electron chi connectivity index (χ4n) is 1.89. The van der Waals surface area contributed by atoms with Crippen LogP contribution < -0.4 is 10.5 Å². The number of thioether (sulfide) groups is 1. The summed E-state index contributed by atoms with van der Waals surface area (Å²) >= 11 is 7.51. The molecule has 0 unspecified atom stereocenters. The van der Waals surface area contributed by atoms with Gasteiger partial charge >= 0.3 is 0 Å². The zero-order valence-electron chi connectivity index (χ0n) is 12.4. The molecular weight excluding hydrogens is 316 g/mol. The lowest BCUT2D eigenvalue weighted by molar-refractivity contribution is 0.344. The van der Waals surface area contributed by atoms with Crippen LogP contribution in [0.25, 0.3) is 0 Å². The summed E-state index contributed by atoms with van der Waals surface area (Å²) < 4.78 is 5.61. The van der Waals surface area contributed by atoms with Gasteiger partial charge in [-0.1, -0.05) is 65.8 Å². The zero-order chi connectivity index (χ0) is 15.8. The third kappa shape index (κ3) is 5.28. The molecule has 1 atom stereocenters. The quantitative estimate of drug-likeness (QED) is 0.479. The van der Waals surface area contributed by atoms with Crippen molar-refractivity contribution < 1.29 is 4.74 Å². The number of halogens is 1. The van der Waals surface area contributed by atoms with Gasteiger partial charge in [-0.05, 0) is 24.6 Å². The van der Waals surface area contributed by atoms with E-state index in [0.717, 1.165) is 11.3 Å². The molecule has 0 saturated carbocycles. The number of rotatable bonds is 6. The van der Waals surface area contributed by atoms with Crippen molar-refractivity contribution in [1.82, 2.24) is 0 Å². The first-order valence-corrected chi connectivity index (χ1v) is 8.41. The Balaban J connectivity index is 1.77. The van der Waals surface area contributed by atoms with Crippen molar-refractivity contribution >= 4 is 28.5 Å². The molecule has 0 aliphatic heterocycles. The summed E-state index contributed by atoms with van der Waals surface area (Å²) in [5.74, 6) is 1.42. The van der Waals surface area contributed by atoms with E-state index in [1.807, 2.05) is 55.5 Å². The van der Waals surface area contributed by atoms with Gasteiger partial charge in [0, 0.05) is 5.75 Å². The average Bonchev–Trinajstić information content (AvgIpc) is 2.54. The van der Waals surface area contributed by atoms with Crippen molar-refractivity contribution in [2.75, 3.05) is 12.4 Å². The molecule has 2 rings (SSSR count). The number of amidine groups is 1. The molecule has 22 heavy (non-hydrogen) atoms. The van der Waals surface area contributed by atoms with Gasteiger partial charge in [-0.15, -0.1) is 0 Å². The summed E-state index contributed by atoms with van der Waals surface area (Å²) in [6.07, 6.45) is 0. The molecule has 0 saturated heterocycles. The number of benzene rings is 2. The van der Waals surface area contributed by atoms with Gasteiger partial charge in [-0.25, -0.2) is 0 Å². The van der Waals surface area contributed by atoms with E-state index in [2.05, 4.69) is 4.99 Å². The van der Waals surface area contributed by atoms with E-state index in [1.165, 1.54) is 11.8 Å². The molecule has 0 bridgehead atoms. The predicted molar refractivity (Wildman–Crippen MR) is 95.9 cm³/mol. The fraction of sp³-hybridized carbons (Fsp3) is 0.235. The van der Waals surface area contributed by atoms with Crippen molar-refractivity contribution in [3.05, 3.63) is 65.2 Å². The molecule has 3 nitrogen and oxygen atoms in total. The zero-order valence-corrected chi connectivity index (χ0v) is 14.0. The van der Waals surface area contributed by atoms with E-state index in [4.69, 9.17) is 22.1 Å². The Morgan fingerprint density at radius 1 is 1.18 bits per heavy atom. The van der Waals surface area contributed by atoms with Gasteiger partial charge in [-0.3, -0.25) is 4.99 Å². The Morgan fingerprint density at radius 3 is 2.59 bits per heavy atom. The highest BCUT2D eigenvalue weighted by atomic mass is 35.5. The SMILES string of the molecule is C[C@H](N=C(N)SCCOc1ccccc1Cl)c1ccccc1. The van der Waals surface area contributed by atoms with Crippen LogP contribution >= 0.6 is 23.4 Å². The van der Waals surface area contributed by atoms with E-state index in [1.54, 1.807) is 6.07 Å². The van der Waals surface area contributed by atoms with Crippen molar-refractivity contribution in [1.29, 1.82) is 0 Å². The van der Waals surface area contributed by atoms with Crippen molar-refractivity contribution in [2.24, 2.45) is 10.7 Å². The highest BCUT2D eigenvalue weighted by Crippen LogP contribution is 2.23. The third-order valence-electron chi connectivity index (χ3n) is 3.03. The van der Waals surface area contributed by atoms with Crippen LogP contribution in [0, 0.1) is 0 Å². The minimum atomic E-state index is 0.0539. The molecule has 0 heterocycles. The molecule has 2 aromatic rings. The molecule has 2 N–H and O–H groups in total. The molecule has 0 amide bonds. The minimum Gasteiger partial charge on any atom is -0.491 e. The standard InChI is InChI=1S/C17H19ClN2OS/c1-13(14-7-3-2-4-8-14)20-17(19)22-12-11-21-16-10-6-5-9-15(16)18/h2-10,13H,11-12H2,1H3,(H2,19,20)/t13-/m0/s1. The molecule has 2 aromatic carbocycles. The molecule has 0 aromatic heterocycles. The second-order valence-electron chi connectivity index (χ2n) is 4.68. The fourth-order valence-corrected chi connectivity index (χ4v) is 2.69. The summed E-state index contributed by atoms with van der Waals surface area (Å²) in [5, 5.41) is 1.19. The van der Waals surface area contributed by atoms with Crippen LogP contribution in [-0.2, 0) is 0 Å². The van der Waals surface area contributed by atoms with Gasteiger partial charge in [0.1, 0.15) is 5.75 Å². The van der Waals surface area contributed by atoms with Crippen molar-refractivity contribution in [2.45, 2.75) is 13.0 Å². The number of para-hydroxylation sites is 1. The Bertz CT molecular complexity index is 619. The van der Waals surface area contributed by atoms with E-state index in [9.17, 15) is 0 Å². The smallest absolute Gasteiger partial charge is 0.154 e. The maximum Gasteiger partial charge on any atom is 0.154 e. The number of nitrogens with two attached hydrogens (primary N) is 1. The molecule has 5 heteroatoms. The maximum absolute atomic E-state index is 6.02. The number of hydrogen-bond acceptors (Lipinski definition) is 3. The van der Waals surface area contributed by atoms with E-state index in [0.29, 0.717) is 22.5 Å². The number of aliphatic imine (C=N–C) groups is 1. The Labute approximate surface area is 140 Å². The lowest BCUT2D eigenvalue weighted by Gasteiger charge is -2.09. The summed E-state index contributed by atoms with van der Waals surface area (Å²) in [6.45, 7) is 2.56. The largest absolute Gasteiger partial charge is 0.491 e.